The van der Waals surface area contributed by atoms with Crippen molar-refractivity contribution in [3.63, 3.8) is 0 Å². The molecule has 1 unspecified atom stereocenters. The van der Waals surface area contributed by atoms with Gasteiger partial charge in [-0.05, 0) is 50.0 Å². The second kappa shape index (κ2) is 9.35. The summed E-state index contributed by atoms with van der Waals surface area (Å²) in [5.74, 6) is 2.14. The molecular formula is C16H32N2O2. The van der Waals surface area contributed by atoms with Gasteiger partial charge in [0, 0.05) is 33.2 Å². The topological polar surface area (TPSA) is 55.6 Å². The highest BCUT2D eigenvalue weighted by Gasteiger charge is 2.23. The van der Waals surface area contributed by atoms with E-state index in [0.29, 0.717) is 30.1 Å². The summed E-state index contributed by atoms with van der Waals surface area (Å²) in [4.78, 5) is 14.3. The van der Waals surface area contributed by atoms with Gasteiger partial charge in [-0.2, -0.15) is 0 Å². The quantitative estimate of drug-likeness (QED) is 0.744. The minimum absolute atomic E-state index is 0.323. The van der Waals surface area contributed by atoms with Crippen molar-refractivity contribution in [2.24, 2.45) is 23.5 Å². The molecule has 4 nitrogen and oxygen atoms in total. The molecule has 20 heavy (non-hydrogen) atoms. The summed E-state index contributed by atoms with van der Waals surface area (Å²) < 4.78 is 5.19. The van der Waals surface area contributed by atoms with Gasteiger partial charge in [-0.3, -0.25) is 4.79 Å². The number of nitrogens with two attached hydrogens (primary N) is 1. The Bertz CT molecular complexity index is 274. The van der Waals surface area contributed by atoms with E-state index in [0.717, 1.165) is 51.9 Å². The van der Waals surface area contributed by atoms with Gasteiger partial charge in [-0.1, -0.05) is 13.8 Å². The monoisotopic (exact) mass is 284 g/mol. The maximum absolute atomic E-state index is 12.3. The molecule has 0 aromatic carbocycles. The standard InChI is InChI=1S/C16H32N2O2/c1-13(2)15(6-9-17)4-5-16(19)18-10-7-14(8-11-18)12-20-3/h13-15H,4-12,17H2,1-3H3. The molecule has 0 spiro atoms. The van der Waals surface area contributed by atoms with E-state index in [2.05, 4.69) is 13.8 Å². The summed E-state index contributed by atoms with van der Waals surface area (Å²) in [6, 6.07) is 0. The summed E-state index contributed by atoms with van der Waals surface area (Å²) in [7, 11) is 1.75. The lowest BCUT2D eigenvalue weighted by molar-refractivity contribution is -0.133. The van der Waals surface area contributed by atoms with Gasteiger partial charge in [0.25, 0.3) is 0 Å². The number of amides is 1. The lowest BCUT2D eigenvalue weighted by Gasteiger charge is -2.32. The molecule has 0 saturated carbocycles. The average Bonchev–Trinajstić information content (AvgIpc) is 2.44. The zero-order valence-electron chi connectivity index (χ0n) is 13.4. The van der Waals surface area contributed by atoms with Crippen molar-refractivity contribution in [2.45, 2.75) is 46.0 Å². The number of likely N-dealkylation sites (tertiary alicyclic amines) is 1. The number of carbonyl (C=O) groups excluding carboxylic acids is 1. The van der Waals surface area contributed by atoms with Crippen LogP contribution in [0.25, 0.3) is 0 Å². The Balaban J connectivity index is 2.29. The van der Waals surface area contributed by atoms with Crippen LogP contribution in [-0.2, 0) is 9.53 Å². The van der Waals surface area contributed by atoms with Crippen LogP contribution >= 0.6 is 0 Å². The maximum atomic E-state index is 12.3. The van der Waals surface area contributed by atoms with Crippen molar-refractivity contribution in [1.82, 2.24) is 4.90 Å². The third-order valence-electron chi connectivity index (χ3n) is 4.58. The van der Waals surface area contributed by atoms with E-state index in [4.69, 9.17) is 10.5 Å². The molecular weight excluding hydrogens is 252 g/mol. The third kappa shape index (κ3) is 5.80. The molecule has 0 aromatic rings. The molecule has 1 atom stereocenters. The van der Waals surface area contributed by atoms with Gasteiger partial charge in [0.1, 0.15) is 0 Å². The first-order valence-electron chi connectivity index (χ1n) is 8.05. The molecule has 118 valence electrons. The third-order valence-corrected chi connectivity index (χ3v) is 4.58. The largest absolute Gasteiger partial charge is 0.384 e. The van der Waals surface area contributed by atoms with Crippen LogP contribution in [0.4, 0.5) is 0 Å². The van der Waals surface area contributed by atoms with E-state index in [1.807, 2.05) is 4.90 Å². The molecule has 1 heterocycles. The Morgan fingerprint density at radius 3 is 2.45 bits per heavy atom. The zero-order chi connectivity index (χ0) is 15.0. The number of hydrogen-bond donors (Lipinski definition) is 1. The molecule has 0 bridgehead atoms. The second-order valence-corrected chi connectivity index (χ2v) is 6.40. The smallest absolute Gasteiger partial charge is 0.222 e. The van der Waals surface area contributed by atoms with Crippen molar-refractivity contribution in [2.75, 3.05) is 33.4 Å². The fourth-order valence-corrected chi connectivity index (χ4v) is 3.08. The van der Waals surface area contributed by atoms with Crippen molar-refractivity contribution in [3.8, 4) is 0 Å². The van der Waals surface area contributed by atoms with E-state index in [9.17, 15) is 4.79 Å². The number of piperidine rings is 1. The number of methoxy groups -OCH3 is 1. The Hall–Kier alpha value is -0.610. The molecule has 0 radical (unpaired) electrons. The molecule has 1 aliphatic heterocycles. The van der Waals surface area contributed by atoms with Gasteiger partial charge in [-0.15, -0.1) is 0 Å². The Labute approximate surface area is 124 Å². The van der Waals surface area contributed by atoms with Crippen LogP contribution in [0.15, 0.2) is 0 Å². The SMILES string of the molecule is COCC1CCN(C(=O)CCC(CCN)C(C)C)CC1. The highest BCUT2D eigenvalue weighted by atomic mass is 16.5. The van der Waals surface area contributed by atoms with Crippen molar-refractivity contribution in [3.05, 3.63) is 0 Å². The van der Waals surface area contributed by atoms with Gasteiger partial charge >= 0.3 is 0 Å². The molecule has 0 aliphatic carbocycles. The van der Waals surface area contributed by atoms with E-state index in [-0.39, 0.29) is 0 Å². The van der Waals surface area contributed by atoms with Crippen LogP contribution in [-0.4, -0.2) is 44.2 Å². The molecule has 4 heteroatoms. The van der Waals surface area contributed by atoms with Gasteiger partial charge in [0.2, 0.25) is 5.91 Å². The second-order valence-electron chi connectivity index (χ2n) is 6.40. The number of ether oxygens (including phenoxy) is 1. The number of rotatable bonds is 8. The molecule has 1 aliphatic rings. The predicted octanol–water partition coefficient (Wildman–Crippen LogP) is 2.27. The van der Waals surface area contributed by atoms with Crippen LogP contribution in [0.1, 0.15) is 46.0 Å². The molecule has 2 N–H and O–H groups in total. The Morgan fingerprint density at radius 2 is 1.95 bits per heavy atom. The van der Waals surface area contributed by atoms with Crippen molar-refractivity contribution >= 4 is 5.91 Å². The fraction of sp³-hybridized carbons (Fsp3) is 0.938. The minimum atomic E-state index is 0.323. The summed E-state index contributed by atoms with van der Waals surface area (Å²) in [5, 5.41) is 0. The number of carbonyl (C=O) groups is 1. The number of nitrogens with zero attached hydrogens (tertiary/aromatic N) is 1. The first-order chi connectivity index (χ1) is 9.58. The van der Waals surface area contributed by atoms with E-state index in [1.165, 1.54) is 0 Å². The highest BCUT2D eigenvalue weighted by molar-refractivity contribution is 5.76. The fourth-order valence-electron chi connectivity index (χ4n) is 3.08. The summed E-state index contributed by atoms with van der Waals surface area (Å²) in [6.45, 7) is 7.79. The van der Waals surface area contributed by atoms with E-state index in [1.54, 1.807) is 7.11 Å². The van der Waals surface area contributed by atoms with Gasteiger partial charge < -0.3 is 15.4 Å². The van der Waals surface area contributed by atoms with E-state index >= 15 is 0 Å². The Morgan fingerprint density at radius 1 is 1.30 bits per heavy atom. The molecule has 0 aromatic heterocycles. The molecule has 1 amide bonds. The zero-order valence-corrected chi connectivity index (χ0v) is 13.4. The highest BCUT2D eigenvalue weighted by Crippen LogP contribution is 2.23. The molecule has 1 saturated heterocycles. The molecule has 1 rings (SSSR count). The van der Waals surface area contributed by atoms with Crippen molar-refractivity contribution < 1.29 is 9.53 Å². The van der Waals surface area contributed by atoms with E-state index < -0.39 is 0 Å². The van der Waals surface area contributed by atoms with Crippen molar-refractivity contribution in [1.29, 1.82) is 0 Å². The average molecular weight is 284 g/mol. The normalized spacial score (nSPS) is 18.6. The van der Waals surface area contributed by atoms with Crippen LogP contribution < -0.4 is 5.73 Å². The van der Waals surface area contributed by atoms with Gasteiger partial charge in [0.15, 0.2) is 0 Å². The molecule has 1 fully saturated rings. The van der Waals surface area contributed by atoms with Crippen LogP contribution in [0.2, 0.25) is 0 Å². The Kier molecular flexibility index (Phi) is 8.15. The van der Waals surface area contributed by atoms with Crippen LogP contribution in [0.5, 0.6) is 0 Å². The first-order valence-corrected chi connectivity index (χ1v) is 8.05. The summed E-state index contributed by atoms with van der Waals surface area (Å²) >= 11 is 0. The summed E-state index contributed by atoms with van der Waals surface area (Å²) in [6.07, 6.45) is 4.84. The lowest BCUT2D eigenvalue weighted by atomic mass is 9.88. The lowest BCUT2D eigenvalue weighted by Crippen LogP contribution is -2.39. The van der Waals surface area contributed by atoms with Gasteiger partial charge in [0.05, 0.1) is 0 Å². The maximum Gasteiger partial charge on any atom is 0.222 e. The van der Waals surface area contributed by atoms with Crippen LogP contribution in [0, 0.1) is 17.8 Å². The number of hydrogen-bond acceptors (Lipinski definition) is 3. The van der Waals surface area contributed by atoms with Crippen LogP contribution in [0.3, 0.4) is 0 Å². The van der Waals surface area contributed by atoms with Gasteiger partial charge in [-0.25, -0.2) is 0 Å². The summed E-state index contributed by atoms with van der Waals surface area (Å²) in [5.41, 5.74) is 5.65. The predicted molar refractivity (Wildman–Crippen MR) is 82.4 cm³/mol. The minimum Gasteiger partial charge on any atom is -0.384 e. The first kappa shape index (κ1) is 17.4.